The summed E-state index contributed by atoms with van der Waals surface area (Å²) in [6, 6.07) is 17.0. The van der Waals surface area contributed by atoms with E-state index in [1.807, 2.05) is 39.1 Å². The number of carbonyl (C=O) groups excluding carboxylic acids is 2. The minimum absolute atomic E-state index is 0.137. The van der Waals surface area contributed by atoms with Crippen LogP contribution in [0.4, 0.5) is 5.69 Å². The molecule has 10 bridgehead atoms. The summed E-state index contributed by atoms with van der Waals surface area (Å²) < 4.78 is 20.5. The molecular formula is C45H42N6O5. The number of hydrogen-bond donors (Lipinski definition) is 4. The summed E-state index contributed by atoms with van der Waals surface area (Å²) in [4.78, 5) is 41.3. The zero-order chi connectivity index (χ0) is 38.5. The molecule has 0 fully saturated rings. The Bertz CT molecular complexity index is 2670. The Balaban J connectivity index is 1.19. The Morgan fingerprint density at radius 2 is 1.86 bits per heavy atom. The molecule has 3 aromatic carbocycles. The van der Waals surface area contributed by atoms with Crippen LogP contribution in [0.1, 0.15) is 81.8 Å². The third-order valence-electron chi connectivity index (χ3n) is 11.6. The highest BCUT2D eigenvalue weighted by Crippen LogP contribution is 2.61. The summed E-state index contributed by atoms with van der Waals surface area (Å²) in [6.07, 6.45) is 8.65. The summed E-state index contributed by atoms with van der Waals surface area (Å²) in [5.41, 5.74) is 9.05. The highest BCUT2D eigenvalue weighted by atomic mass is 16.5. The van der Waals surface area contributed by atoms with Crippen molar-refractivity contribution in [2.75, 3.05) is 5.32 Å². The second-order valence-electron chi connectivity index (χ2n) is 16.0. The number of benzene rings is 3. The molecule has 282 valence electrons. The van der Waals surface area contributed by atoms with Gasteiger partial charge in [-0.25, -0.2) is 9.97 Å². The molecule has 0 saturated carbocycles. The standard InChI is InChI=1S/C45H42N6O5/c1-22(2)9-6-10-24(5)17-35(52)48-32-19-25-15-16-33-30(18-25)45-29-13-7-12-27(38(29)51-44(45)55-33)26-11-8-14-31-36(26)28(20-46-31)34-21-47-42(54-34)39-40(45)56-43(50-39)37(23(3)4)49-41(32)53/h7-9,11-18,20-21,23,32,37,44,46,51H,6,10,19H2,1-5H3,(H,48,52)(H,49,53)/b24-17+/t32-,37-,44?,45-/m0/s1. The fourth-order valence-corrected chi connectivity index (χ4v) is 8.96. The van der Waals surface area contributed by atoms with Gasteiger partial charge in [-0.05, 0) is 62.8 Å². The Labute approximate surface area is 323 Å². The van der Waals surface area contributed by atoms with Gasteiger partial charge in [0.05, 0.1) is 6.20 Å². The highest BCUT2D eigenvalue weighted by molar-refractivity contribution is 6.07. The maximum absolute atomic E-state index is 14.3. The van der Waals surface area contributed by atoms with Crippen molar-refractivity contribution in [2.45, 2.75) is 77.6 Å². The van der Waals surface area contributed by atoms with Gasteiger partial charge in [-0.1, -0.05) is 73.5 Å². The highest BCUT2D eigenvalue weighted by Gasteiger charge is 2.61. The third kappa shape index (κ3) is 5.09. The van der Waals surface area contributed by atoms with E-state index in [-0.39, 0.29) is 24.2 Å². The molecule has 7 heterocycles. The van der Waals surface area contributed by atoms with E-state index in [0.29, 0.717) is 34.7 Å². The number of nitrogens with zero attached hydrogens (tertiary/aromatic N) is 2. The zero-order valence-corrected chi connectivity index (χ0v) is 31.9. The molecule has 0 aliphatic carbocycles. The number of aromatic amines is 1. The number of ether oxygens (including phenoxy) is 1. The number of allylic oxidation sites excluding steroid dienone is 3. The van der Waals surface area contributed by atoms with Crippen molar-refractivity contribution >= 4 is 28.4 Å². The van der Waals surface area contributed by atoms with Crippen LogP contribution in [0.2, 0.25) is 0 Å². The lowest BCUT2D eigenvalue weighted by Crippen LogP contribution is -2.49. The average molecular weight is 747 g/mol. The van der Waals surface area contributed by atoms with Crippen molar-refractivity contribution in [1.29, 1.82) is 0 Å². The third-order valence-corrected chi connectivity index (χ3v) is 11.6. The molecule has 10 rings (SSSR count). The smallest absolute Gasteiger partial charge is 0.249 e. The number of rotatable bonds is 6. The number of carbonyl (C=O) groups is 2. The molecular weight excluding hydrogens is 705 g/mol. The lowest BCUT2D eigenvalue weighted by Gasteiger charge is -2.28. The predicted octanol–water partition coefficient (Wildman–Crippen LogP) is 8.48. The van der Waals surface area contributed by atoms with E-state index in [9.17, 15) is 9.59 Å². The van der Waals surface area contributed by atoms with Gasteiger partial charge in [0, 0.05) is 57.5 Å². The second-order valence-corrected chi connectivity index (χ2v) is 16.0. The largest absolute Gasteiger partial charge is 0.469 e. The molecule has 11 nitrogen and oxygen atoms in total. The van der Waals surface area contributed by atoms with Crippen LogP contribution >= 0.6 is 0 Å². The first kappa shape index (κ1) is 34.2. The molecule has 56 heavy (non-hydrogen) atoms. The van der Waals surface area contributed by atoms with Crippen LogP contribution in [-0.4, -0.2) is 39.0 Å². The topological polar surface area (TPSA) is 147 Å². The lowest BCUT2D eigenvalue weighted by molar-refractivity contribution is -0.128. The van der Waals surface area contributed by atoms with E-state index in [4.69, 9.17) is 23.5 Å². The molecule has 2 amide bonds. The van der Waals surface area contributed by atoms with E-state index in [1.165, 1.54) is 5.57 Å². The number of nitrogens with one attached hydrogen (secondary N) is 4. The Hall–Kier alpha value is -6.36. The summed E-state index contributed by atoms with van der Waals surface area (Å²) in [6.45, 7) is 10.1. The minimum Gasteiger partial charge on any atom is -0.469 e. The normalized spacial score (nSPS) is 21.4. The number of para-hydroxylation sites is 1. The van der Waals surface area contributed by atoms with Crippen LogP contribution in [-0.2, 0) is 21.4 Å². The van der Waals surface area contributed by atoms with Crippen LogP contribution < -0.4 is 20.7 Å². The van der Waals surface area contributed by atoms with Gasteiger partial charge in [-0.2, -0.15) is 0 Å². The van der Waals surface area contributed by atoms with Crippen LogP contribution in [0.3, 0.4) is 0 Å². The molecule has 4 N–H and O–H groups in total. The van der Waals surface area contributed by atoms with Gasteiger partial charge in [0.25, 0.3) is 0 Å². The monoisotopic (exact) mass is 746 g/mol. The van der Waals surface area contributed by atoms with Gasteiger partial charge >= 0.3 is 0 Å². The Kier molecular flexibility index (Phi) is 7.68. The lowest BCUT2D eigenvalue weighted by atomic mass is 9.72. The molecule has 1 unspecified atom stereocenters. The summed E-state index contributed by atoms with van der Waals surface area (Å²) in [7, 11) is 0. The number of H-pyrrole nitrogens is 1. The Morgan fingerprint density at radius 3 is 2.70 bits per heavy atom. The second kappa shape index (κ2) is 12.6. The van der Waals surface area contributed by atoms with Gasteiger partial charge < -0.3 is 34.5 Å². The summed E-state index contributed by atoms with van der Waals surface area (Å²) in [5.74, 6) is 1.58. The molecule has 1 spiro atoms. The van der Waals surface area contributed by atoms with E-state index in [0.717, 1.165) is 68.4 Å². The summed E-state index contributed by atoms with van der Waals surface area (Å²) in [5, 5.41) is 11.1. The van der Waals surface area contributed by atoms with Gasteiger partial charge in [-0.15, -0.1) is 0 Å². The average Bonchev–Trinajstić information content (AvgIpc) is 3.99. The van der Waals surface area contributed by atoms with Crippen LogP contribution in [0.25, 0.3) is 44.9 Å². The van der Waals surface area contributed by atoms with Gasteiger partial charge in [0.1, 0.15) is 23.2 Å². The molecule has 4 atom stereocenters. The van der Waals surface area contributed by atoms with Crippen LogP contribution in [0.15, 0.2) is 99.1 Å². The van der Waals surface area contributed by atoms with Crippen molar-refractivity contribution in [1.82, 2.24) is 25.6 Å². The quantitative estimate of drug-likeness (QED) is 0.0981. The van der Waals surface area contributed by atoms with Crippen molar-refractivity contribution in [3.63, 3.8) is 0 Å². The maximum atomic E-state index is 14.3. The van der Waals surface area contributed by atoms with E-state index >= 15 is 0 Å². The number of fused-ring (bicyclic) bond motifs is 7. The van der Waals surface area contributed by atoms with Crippen molar-refractivity contribution in [2.24, 2.45) is 5.92 Å². The molecule has 11 heteroatoms. The number of anilines is 1. The fraction of sp³-hybridized carbons (Fsp3) is 0.289. The number of oxazole rings is 2. The van der Waals surface area contributed by atoms with Gasteiger partial charge in [-0.3, -0.25) is 9.59 Å². The SMILES string of the molecule is CC(C)=CCC/C(C)=C/C(=O)N[C@H]1Cc2ccc3c(c2)[C@]24c5cccc(c5NC2O3)-c2cccc3[nH]cc(c23)-c2cnc(o2)-c2nc(oc24)[C@H](C(C)C)NC1=O. The minimum atomic E-state index is -1.03. The first-order valence-electron chi connectivity index (χ1n) is 19.3. The first-order chi connectivity index (χ1) is 27.1. The molecule has 0 radical (unpaired) electrons. The fourth-order valence-electron chi connectivity index (χ4n) is 8.96. The molecule has 4 aliphatic rings. The van der Waals surface area contributed by atoms with Crippen molar-refractivity contribution in [3.05, 3.63) is 119 Å². The van der Waals surface area contributed by atoms with Gasteiger partial charge in [0.2, 0.25) is 23.6 Å². The first-order valence-corrected chi connectivity index (χ1v) is 19.3. The van der Waals surface area contributed by atoms with E-state index in [1.54, 1.807) is 12.3 Å². The number of hydrogen-bond acceptors (Lipinski definition) is 8. The van der Waals surface area contributed by atoms with E-state index < -0.39 is 23.7 Å². The van der Waals surface area contributed by atoms with Crippen LogP contribution in [0.5, 0.6) is 5.75 Å². The molecule has 3 aromatic heterocycles. The van der Waals surface area contributed by atoms with Crippen LogP contribution in [0, 0.1) is 5.92 Å². The molecule has 6 aromatic rings. The molecule has 0 saturated heterocycles. The summed E-state index contributed by atoms with van der Waals surface area (Å²) >= 11 is 0. The van der Waals surface area contributed by atoms with Gasteiger partial charge in [0.15, 0.2) is 23.4 Å². The number of aromatic nitrogens is 3. The van der Waals surface area contributed by atoms with Crippen molar-refractivity contribution < 1.29 is 23.2 Å². The van der Waals surface area contributed by atoms with Crippen molar-refractivity contribution in [3.8, 4) is 39.8 Å². The predicted molar refractivity (Wildman–Crippen MR) is 213 cm³/mol. The van der Waals surface area contributed by atoms with E-state index in [2.05, 4.69) is 83.3 Å². The number of amides is 2. The zero-order valence-electron chi connectivity index (χ0n) is 31.9. The molecule has 4 aliphatic heterocycles. The maximum Gasteiger partial charge on any atom is 0.249 e. The Morgan fingerprint density at radius 1 is 1.02 bits per heavy atom.